The average Bonchev–Trinajstić information content (AvgIpc) is 2.27. The number of hydrogen-bond donors (Lipinski definition) is 1. The quantitative estimate of drug-likeness (QED) is 0.646. The van der Waals surface area contributed by atoms with Gasteiger partial charge in [-0.15, -0.1) is 0 Å². The van der Waals surface area contributed by atoms with Crippen molar-refractivity contribution in [2.45, 2.75) is 71.9 Å². The van der Waals surface area contributed by atoms with Gasteiger partial charge in [0.15, 0.2) is 0 Å². The van der Waals surface area contributed by atoms with Crippen molar-refractivity contribution in [2.75, 3.05) is 13.6 Å². The zero-order valence-corrected chi connectivity index (χ0v) is 12.2. The van der Waals surface area contributed by atoms with Crippen LogP contribution < -0.4 is 5.73 Å². The maximum atomic E-state index is 5.99. The molecule has 2 atom stereocenters. The van der Waals surface area contributed by atoms with Crippen molar-refractivity contribution in [1.82, 2.24) is 4.90 Å². The molecule has 0 saturated heterocycles. The van der Waals surface area contributed by atoms with E-state index in [-0.39, 0.29) is 5.54 Å². The summed E-state index contributed by atoms with van der Waals surface area (Å²) in [6, 6.07) is 0.593. The van der Waals surface area contributed by atoms with Crippen molar-refractivity contribution in [2.24, 2.45) is 11.7 Å². The second kappa shape index (κ2) is 7.29. The van der Waals surface area contributed by atoms with E-state index in [1.54, 1.807) is 0 Å². The highest BCUT2D eigenvalue weighted by Gasteiger charge is 2.31. The lowest BCUT2D eigenvalue weighted by Gasteiger charge is -2.43. The topological polar surface area (TPSA) is 29.3 Å². The number of rotatable bonds is 8. The van der Waals surface area contributed by atoms with Gasteiger partial charge < -0.3 is 5.73 Å². The van der Waals surface area contributed by atoms with Crippen LogP contribution in [0.25, 0.3) is 0 Å². The molecule has 0 heterocycles. The number of nitrogens with two attached hydrogens (primary N) is 1. The van der Waals surface area contributed by atoms with E-state index in [9.17, 15) is 0 Å². The molecule has 0 bridgehead atoms. The van der Waals surface area contributed by atoms with Gasteiger partial charge in [0.1, 0.15) is 0 Å². The predicted molar refractivity (Wildman–Crippen MR) is 73.7 cm³/mol. The second-order valence-corrected chi connectivity index (χ2v) is 5.75. The summed E-state index contributed by atoms with van der Waals surface area (Å²) in [7, 11) is 2.23. The Kier molecular flexibility index (Phi) is 7.25. The molecule has 0 spiro atoms. The summed E-state index contributed by atoms with van der Waals surface area (Å²) in [6.45, 7) is 12.2. The van der Waals surface area contributed by atoms with Crippen molar-refractivity contribution in [3.63, 3.8) is 0 Å². The SMILES string of the molecule is CCCCCC(C)(CN)N(C)C(C)C(C)C. The zero-order valence-electron chi connectivity index (χ0n) is 12.2. The minimum absolute atomic E-state index is 0.166. The van der Waals surface area contributed by atoms with Crippen LogP contribution in [-0.4, -0.2) is 30.1 Å². The van der Waals surface area contributed by atoms with Gasteiger partial charge in [-0.05, 0) is 33.2 Å². The van der Waals surface area contributed by atoms with Crippen LogP contribution in [0.5, 0.6) is 0 Å². The maximum Gasteiger partial charge on any atom is 0.0303 e. The van der Waals surface area contributed by atoms with E-state index in [0.29, 0.717) is 12.0 Å². The summed E-state index contributed by atoms with van der Waals surface area (Å²) in [4.78, 5) is 2.48. The molecule has 0 aromatic carbocycles. The largest absolute Gasteiger partial charge is 0.329 e. The number of hydrogen-bond acceptors (Lipinski definition) is 2. The highest BCUT2D eigenvalue weighted by atomic mass is 15.2. The van der Waals surface area contributed by atoms with E-state index >= 15 is 0 Å². The first-order valence-electron chi connectivity index (χ1n) is 6.82. The Hall–Kier alpha value is -0.0800. The molecule has 0 saturated carbocycles. The van der Waals surface area contributed by atoms with Crippen molar-refractivity contribution in [3.05, 3.63) is 0 Å². The van der Waals surface area contributed by atoms with E-state index in [0.717, 1.165) is 6.54 Å². The summed E-state index contributed by atoms with van der Waals surface area (Å²) in [5.41, 5.74) is 6.15. The Bertz CT molecular complexity index is 180. The molecule has 0 aliphatic heterocycles. The summed E-state index contributed by atoms with van der Waals surface area (Å²) in [6.07, 6.45) is 5.11. The smallest absolute Gasteiger partial charge is 0.0303 e. The first-order valence-corrected chi connectivity index (χ1v) is 6.82. The van der Waals surface area contributed by atoms with Gasteiger partial charge in [0.05, 0.1) is 0 Å². The molecule has 0 amide bonds. The van der Waals surface area contributed by atoms with Crippen LogP contribution in [0.3, 0.4) is 0 Å². The molecule has 2 heteroatoms. The van der Waals surface area contributed by atoms with Crippen LogP contribution in [-0.2, 0) is 0 Å². The van der Waals surface area contributed by atoms with Gasteiger partial charge in [-0.2, -0.15) is 0 Å². The van der Waals surface area contributed by atoms with Crippen LogP contribution >= 0.6 is 0 Å². The highest BCUT2D eigenvalue weighted by Crippen LogP contribution is 2.24. The van der Waals surface area contributed by atoms with Crippen LogP contribution in [0.4, 0.5) is 0 Å². The molecular weight excluding hydrogens is 196 g/mol. The molecule has 0 aromatic heterocycles. The first-order chi connectivity index (χ1) is 7.39. The van der Waals surface area contributed by atoms with Gasteiger partial charge in [-0.25, -0.2) is 0 Å². The van der Waals surface area contributed by atoms with Gasteiger partial charge in [-0.1, -0.05) is 40.0 Å². The molecule has 98 valence electrons. The lowest BCUT2D eigenvalue weighted by atomic mass is 9.89. The fraction of sp³-hybridized carbons (Fsp3) is 1.00. The summed E-state index contributed by atoms with van der Waals surface area (Å²) >= 11 is 0. The molecule has 0 rings (SSSR count). The Labute approximate surface area is 103 Å². The first kappa shape index (κ1) is 15.9. The van der Waals surface area contributed by atoms with E-state index in [1.165, 1.54) is 25.7 Å². The Morgan fingerprint density at radius 2 is 1.75 bits per heavy atom. The Balaban J connectivity index is 4.42. The van der Waals surface area contributed by atoms with Crippen molar-refractivity contribution in [1.29, 1.82) is 0 Å². The lowest BCUT2D eigenvalue weighted by molar-refractivity contribution is 0.0676. The minimum atomic E-state index is 0.166. The molecule has 2 N–H and O–H groups in total. The molecule has 0 aromatic rings. The predicted octanol–water partition coefficient (Wildman–Crippen LogP) is 3.26. The van der Waals surface area contributed by atoms with E-state index in [4.69, 9.17) is 5.73 Å². The molecule has 0 radical (unpaired) electrons. The van der Waals surface area contributed by atoms with Crippen LogP contribution in [0.2, 0.25) is 0 Å². The zero-order chi connectivity index (χ0) is 12.8. The minimum Gasteiger partial charge on any atom is -0.329 e. The van der Waals surface area contributed by atoms with Crippen molar-refractivity contribution < 1.29 is 0 Å². The summed E-state index contributed by atoms with van der Waals surface area (Å²) < 4.78 is 0. The number of likely N-dealkylation sites (N-methyl/N-ethyl adjacent to an activating group) is 1. The van der Waals surface area contributed by atoms with Gasteiger partial charge in [0.25, 0.3) is 0 Å². The standard InChI is InChI=1S/C14H32N2/c1-7-8-9-10-14(5,11-15)16(6)13(4)12(2)3/h12-13H,7-11,15H2,1-6H3. The summed E-state index contributed by atoms with van der Waals surface area (Å²) in [5.74, 6) is 0.682. The third-order valence-electron chi connectivity index (χ3n) is 4.19. The highest BCUT2D eigenvalue weighted by molar-refractivity contribution is 4.88. The van der Waals surface area contributed by atoms with Crippen LogP contribution in [0.15, 0.2) is 0 Å². The third-order valence-corrected chi connectivity index (χ3v) is 4.19. The third kappa shape index (κ3) is 4.42. The summed E-state index contributed by atoms with van der Waals surface area (Å²) in [5, 5.41) is 0. The van der Waals surface area contributed by atoms with Gasteiger partial charge in [0.2, 0.25) is 0 Å². The lowest BCUT2D eigenvalue weighted by Crippen LogP contribution is -2.54. The Morgan fingerprint density at radius 1 is 1.19 bits per heavy atom. The van der Waals surface area contributed by atoms with Gasteiger partial charge in [0, 0.05) is 18.1 Å². The van der Waals surface area contributed by atoms with E-state index in [2.05, 4.69) is 46.6 Å². The van der Waals surface area contributed by atoms with Crippen LogP contribution in [0, 0.1) is 5.92 Å². The maximum absolute atomic E-state index is 5.99. The molecule has 0 aliphatic carbocycles. The van der Waals surface area contributed by atoms with E-state index in [1.807, 2.05) is 0 Å². The normalized spacial score (nSPS) is 17.8. The fourth-order valence-corrected chi connectivity index (χ4v) is 2.12. The van der Waals surface area contributed by atoms with Gasteiger partial charge >= 0.3 is 0 Å². The molecule has 0 fully saturated rings. The monoisotopic (exact) mass is 228 g/mol. The van der Waals surface area contributed by atoms with Gasteiger partial charge in [-0.3, -0.25) is 4.90 Å². The number of nitrogens with zero attached hydrogens (tertiary/aromatic N) is 1. The van der Waals surface area contributed by atoms with E-state index < -0.39 is 0 Å². The Morgan fingerprint density at radius 3 is 2.12 bits per heavy atom. The molecule has 2 unspecified atom stereocenters. The molecular formula is C14H32N2. The van der Waals surface area contributed by atoms with Crippen LogP contribution in [0.1, 0.15) is 60.3 Å². The average molecular weight is 228 g/mol. The molecule has 16 heavy (non-hydrogen) atoms. The number of unbranched alkanes of at least 4 members (excludes halogenated alkanes) is 2. The van der Waals surface area contributed by atoms with Crippen molar-refractivity contribution in [3.8, 4) is 0 Å². The molecule has 0 aliphatic rings. The van der Waals surface area contributed by atoms with Crippen molar-refractivity contribution >= 4 is 0 Å². The fourth-order valence-electron chi connectivity index (χ4n) is 2.12. The molecule has 2 nitrogen and oxygen atoms in total. The second-order valence-electron chi connectivity index (χ2n) is 5.75.